The van der Waals surface area contributed by atoms with Crippen molar-refractivity contribution in [3.63, 3.8) is 0 Å². The molecule has 1 aliphatic rings. The monoisotopic (exact) mass is 256 g/mol. The minimum atomic E-state index is -0.447. The van der Waals surface area contributed by atoms with Gasteiger partial charge < -0.3 is 15.4 Å². The number of likely N-dealkylation sites (N-methyl/N-ethyl adjacent to an activating group) is 1. The predicted molar refractivity (Wildman–Crippen MR) is 73.4 cm³/mol. The first kappa shape index (κ1) is 15.3. The second-order valence-electron chi connectivity index (χ2n) is 6.29. The number of nitrogens with two attached hydrogens (primary N) is 1. The lowest BCUT2D eigenvalue weighted by Crippen LogP contribution is -2.48. The van der Waals surface area contributed by atoms with Crippen molar-refractivity contribution in [1.29, 1.82) is 0 Å². The summed E-state index contributed by atoms with van der Waals surface area (Å²) in [6, 6.07) is 0.111. The molecule has 1 saturated carbocycles. The Morgan fingerprint density at radius 1 is 1.33 bits per heavy atom. The van der Waals surface area contributed by atoms with Gasteiger partial charge in [-0.15, -0.1) is 0 Å². The molecule has 0 aromatic carbocycles. The number of carbonyl (C=O) groups excluding carboxylic acids is 1. The molecule has 1 fully saturated rings. The SMILES string of the molecule is CN(C(=O)OC(C)(C)C)C(CN)C1CCCCC1. The Labute approximate surface area is 111 Å². The number of hydrogen-bond acceptors (Lipinski definition) is 3. The van der Waals surface area contributed by atoms with Gasteiger partial charge in [-0.25, -0.2) is 4.79 Å². The van der Waals surface area contributed by atoms with Crippen LogP contribution in [-0.4, -0.2) is 36.2 Å². The van der Waals surface area contributed by atoms with Crippen LogP contribution in [0.3, 0.4) is 0 Å². The van der Waals surface area contributed by atoms with Crippen molar-refractivity contribution in [2.24, 2.45) is 11.7 Å². The first-order valence-electron chi connectivity index (χ1n) is 7.01. The second kappa shape index (κ2) is 6.41. The number of amides is 1. The number of carbonyl (C=O) groups is 1. The fourth-order valence-corrected chi connectivity index (χ4v) is 2.66. The Kier molecular flexibility index (Phi) is 5.45. The van der Waals surface area contributed by atoms with Crippen LogP contribution in [0.15, 0.2) is 0 Å². The largest absolute Gasteiger partial charge is 0.444 e. The van der Waals surface area contributed by atoms with Crippen LogP contribution in [0.25, 0.3) is 0 Å². The van der Waals surface area contributed by atoms with E-state index in [9.17, 15) is 4.79 Å². The van der Waals surface area contributed by atoms with Crippen molar-refractivity contribution in [2.45, 2.75) is 64.5 Å². The highest BCUT2D eigenvalue weighted by Crippen LogP contribution is 2.28. The normalized spacial score (nSPS) is 19.4. The van der Waals surface area contributed by atoms with E-state index < -0.39 is 5.60 Å². The Morgan fingerprint density at radius 2 is 1.89 bits per heavy atom. The fraction of sp³-hybridized carbons (Fsp3) is 0.929. The number of nitrogens with zero attached hydrogens (tertiary/aromatic N) is 1. The van der Waals surface area contributed by atoms with E-state index in [2.05, 4.69) is 0 Å². The van der Waals surface area contributed by atoms with Crippen LogP contribution in [0, 0.1) is 5.92 Å². The summed E-state index contributed by atoms with van der Waals surface area (Å²) in [5.41, 5.74) is 5.41. The third kappa shape index (κ3) is 4.48. The molecule has 0 aromatic rings. The summed E-state index contributed by atoms with van der Waals surface area (Å²) >= 11 is 0. The van der Waals surface area contributed by atoms with Gasteiger partial charge in [-0.1, -0.05) is 19.3 Å². The van der Waals surface area contributed by atoms with Gasteiger partial charge in [0.2, 0.25) is 0 Å². The highest BCUT2D eigenvalue weighted by molar-refractivity contribution is 5.68. The summed E-state index contributed by atoms with van der Waals surface area (Å²) in [6.07, 6.45) is 5.91. The lowest BCUT2D eigenvalue weighted by Gasteiger charge is -2.36. The average molecular weight is 256 g/mol. The number of hydrogen-bond donors (Lipinski definition) is 1. The van der Waals surface area contributed by atoms with E-state index in [0.29, 0.717) is 12.5 Å². The van der Waals surface area contributed by atoms with Crippen molar-refractivity contribution < 1.29 is 9.53 Å². The molecule has 1 unspecified atom stereocenters. The zero-order valence-electron chi connectivity index (χ0n) is 12.2. The minimum Gasteiger partial charge on any atom is -0.444 e. The van der Waals surface area contributed by atoms with Crippen molar-refractivity contribution in [3.8, 4) is 0 Å². The van der Waals surface area contributed by atoms with E-state index in [1.54, 1.807) is 11.9 Å². The van der Waals surface area contributed by atoms with E-state index >= 15 is 0 Å². The van der Waals surface area contributed by atoms with Gasteiger partial charge in [-0.3, -0.25) is 0 Å². The maximum absolute atomic E-state index is 12.0. The van der Waals surface area contributed by atoms with Gasteiger partial charge in [-0.05, 0) is 39.5 Å². The van der Waals surface area contributed by atoms with E-state index in [4.69, 9.17) is 10.5 Å². The number of ether oxygens (including phenoxy) is 1. The summed E-state index contributed by atoms with van der Waals surface area (Å²) in [7, 11) is 1.81. The maximum Gasteiger partial charge on any atom is 0.410 e. The summed E-state index contributed by atoms with van der Waals surface area (Å²) < 4.78 is 5.40. The van der Waals surface area contributed by atoms with Crippen LogP contribution in [0.4, 0.5) is 4.79 Å². The van der Waals surface area contributed by atoms with Crippen LogP contribution in [0.5, 0.6) is 0 Å². The molecule has 1 atom stereocenters. The lowest BCUT2D eigenvalue weighted by atomic mass is 9.83. The molecular weight excluding hydrogens is 228 g/mol. The van der Waals surface area contributed by atoms with E-state index in [1.807, 2.05) is 20.8 Å². The molecule has 0 aromatic heterocycles. The molecule has 1 aliphatic carbocycles. The maximum atomic E-state index is 12.0. The van der Waals surface area contributed by atoms with Crippen molar-refractivity contribution >= 4 is 6.09 Å². The van der Waals surface area contributed by atoms with Gasteiger partial charge >= 0.3 is 6.09 Å². The topological polar surface area (TPSA) is 55.6 Å². The van der Waals surface area contributed by atoms with Crippen molar-refractivity contribution in [1.82, 2.24) is 4.90 Å². The van der Waals surface area contributed by atoms with Crippen LogP contribution < -0.4 is 5.73 Å². The highest BCUT2D eigenvalue weighted by atomic mass is 16.6. The van der Waals surface area contributed by atoms with Crippen LogP contribution in [0.1, 0.15) is 52.9 Å². The smallest absolute Gasteiger partial charge is 0.410 e. The summed E-state index contributed by atoms with van der Waals surface area (Å²) in [4.78, 5) is 13.7. The fourth-order valence-electron chi connectivity index (χ4n) is 2.66. The van der Waals surface area contributed by atoms with Gasteiger partial charge in [0, 0.05) is 19.6 Å². The van der Waals surface area contributed by atoms with E-state index in [1.165, 1.54) is 32.1 Å². The highest BCUT2D eigenvalue weighted by Gasteiger charge is 2.30. The predicted octanol–water partition coefficient (Wildman–Crippen LogP) is 2.76. The van der Waals surface area contributed by atoms with E-state index in [0.717, 1.165) is 0 Å². The van der Waals surface area contributed by atoms with Crippen molar-refractivity contribution in [3.05, 3.63) is 0 Å². The molecule has 0 heterocycles. The molecule has 0 saturated heterocycles. The Bertz CT molecular complexity index is 267. The van der Waals surface area contributed by atoms with Gasteiger partial charge in [0.25, 0.3) is 0 Å². The third-order valence-electron chi connectivity index (χ3n) is 3.61. The van der Waals surface area contributed by atoms with Gasteiger partial charge in [0.15, 0.2) is 0 Å². The molecule has 1 amide bonds. The third-order valence-corrected chi connectivity index (χ3v) is 3.61. The molecule has 2 N–H and O–H groups in total. The van der Waals surface area contributed by atoms with E-state index in [-0.39, 0.29) is 12.1 Å². The Balaban J connectivity index is 2.60. The molecule has 1 rings (SSSR count). The Morgan fingerprint density at radius 3 is 2.33 bits per heavy atom. The first-order chi connectivity index (χ1) is 8.35. The minimum absolute atomic E-state index is 0.111. The number of rotatable bonds is 3. The van der Waals surface area contributed by atoms with Crippen LogP contribution in [0.2, 0.25) is 0 Å². The molecule has 0 aliphatic heterocycles. The quantitative estimate of drug-likeness (QED) is 0.844. The van der Waals surface area contributed by atoms with Gasteiger partial charge in [-0.2, -0.15) is 0 Å². The Hall–Kier alpha value is -0.770. The molecule has 0 bridgehead atoms. The van der Waals surface area contributed by atoms with Gasteiger partial charge in [0.05, 0.1) is 0 Å². The van der Waals surface area contributed by atoms with Crippen LogP contribution in [-0.2, 0) is 4.74 Å². The first-order valence-corrected chi connectivity index (χ1v) is 7.01. The van der Waals surface area contributed by atoms with Gasteiger partial charge in [0.1, 0.15) is 5.60 Å². The summed E-state index contributed by atoms with van der Waals surface area (Å²) in [5.74, 6) is 0.529. The zero-order valence-corrected chi connectivity index (χ0v) is 12.2. The summed E-state index contributed by atoms with van der Waals surface area (Å²) in [6.45, 7) is 6.17. The van der Waals surface area contributed by atoms with Crippen LogP contribution >= 0.6 is 0 Å². The standard InChI is InChI=1S/C14H28N2O2/c1-14(2,3)18-13(17)16(4)12(10-15)11-8-6-5-7-9-11/h11-12H,5-10,15H2,1-4H3. The zero-order chi connectivity index (χ0) is 13.8. The molecule has 18 heavy (non-hydrogen) atoms. The molecular formula is C14H28N2O2. The second-order valence-corrected chi connectivity index (χ2v) is 6.29. The molecule has 0 spiro atoms. The molecule has 4 nitrogen and oxygen atoms in total. The lowest BCUT2D eigenvalue weighted by molar-refractivity contribution is 0.0151. The van der Waals surface area contributed by atoms with Crippen molar-refractivity contribution in [2.75, 3.05) is 13.6 Å². The average Bonchev–Trinajstić information content (AvgIpc) is 2.29. The summed E-state index contributed by atoms with van der Waals surface area (Å²) in [5, 5.41) is 0. The molecule has 106 valence electrons. The molecule has 0 radical (unpaired) electrons. The molecule has 4 heteroatoms.